The monoisotopic (exact) mass is 400 g/mol. The Morgan fingerprint density at radius 2 is 1.83 bits per heavy atom. The molecule has 0 spiro atoms. The van der Waals surface area contributed by atoms with E-state index in [1.54, 1.807) is 24.4 Å². The van der Waals surface area contributed by atoms with E-state index in [2.05, 4.69) is 15.5 Å². The van der Waals surface area contributed by atoms with Gasteiger partial charge in [-0.15, -0.1) is 0 Å². The summed E-state index contributed by atoms with van der Waals surface area (Å²) in [5, 5.41) is 6.77. The van der Waals surface area contributed by atoms with E-state index >= 15 is 0 Å². The molecule has 4 aromatic rings. The van der Waals surface area contributed by atoms with Gasteiger partial charge in [0.2, 0.25) is 11.7 Å². The van der Waals surface area contributed by atoms with Crippen molar-refractivity contribution in [3.8, 4) is 22.8 Å². The number of carbonyl (C=O) groups is 1. The summed E-state index contributed by atoms with van der Waals surface area (Å²) in [6, 6.07) is 18.4. The number of aromatic nitrogens is 3. The predicted octanol–water partition coefficient (Wildman–Crippen LogP) is 3.82. The van der Waals surface area contributed by atoms with Crippen LogP contribution in [-0.4, -0.2) is 20.6 Å². The van der Waals surface area contributed by atoms with Gasteiger partial charge < -0.3 is 14.4 Å². The second-order valence-corrected chi connectivity index (χ2v) is 7.06. The van der Waals surface area contributed by atoms with Gasteiger partial charge in [-0.1, -0.05) is 47.1 Å². The lowest BCUT2D eigenvalue weighted by atomic mass is 10.1. The minimum absolute atomic E-state index is 0.115. The average molecular weight is 400 g/mol. The molecule has 2 heterocycles. The summed E-state index contributed by atoms with van der Waals surface area (Å²) in [5.41, 5.74) is 3.50. The minimum atomic E-state index is -0.379. The topological polar surface area (TPSA) is 90.0 Å². The highest BCUT2D eigenvalue weighted by Crippen LogP contribution is 2.20. The number of pyridine rings is 1. The molecule has 1 N–H and O–H groups in total. The molecule has 150 valence electrons. The van der Waals surface area contributed by atoms with Crippen molar-refractivity contribution in [1.82, 2.24) is 14.7 Å². The summed E-state index contributed by atoms with van der Waals surface area (Å²) in [6.07, 6.45) is 1.55. The van der Waals surface area contributed by atoms with Crippen LogP contribution in [0.25, 0.3) is 22.8 Å². The van der Waals surface area contributed by atoms with Crippen LogP contribution in [-0.2, 0) is 11.3 Å². The van der Waals surface area contributed by atoms with Gasteiger partial charge in [0.05, 0.1) is 0 Å². The van der Waals surface area contributed by atoms with E-state index in [-0.39, 0.29) is 29.5 Å². The molecule has 0 bridgehead atoms. The molecule has 0 unspecified atom stereocenters. The fourth-order valence-corrected chi connectivity index (χ4v) is 3.05. The number of amides is 1. The molecule has 0 aliphatic heterocycles. The van der Waals surface area contributed by atoms with Crippen LogP contribution in [0.2, 0.25) is 0 Å². The molecule has 30 heavy (non-hydrogen) atoms. The van der Waals surface area contributed by atoms with E-state index in [0.717, 1.165) is 16.7 Å². The van der Waals surface area contributed by atoms with Gasteiger partial charge >= 0.3 is 0 Å². The molecule has 0 radical (unpaired) electrons. The number of rotatable bonds is 5. The van der Waals surface area contributed by atoms with Crippen molar-refractivity contribution in [2.75, 3.05) is 5.32 Å². The van der Waals surface area contributed by atoms with Gasteiger partial charge in [0.15, 0.2) is 0 Å². The maximum Gasteiger partial charge on any atom is 0.263 e. The summed E-state index contributed by atoms with van der Waals surface area (Å²) in [7, 11) is 0. The minimum Gasteiger partial charge on any atom is -0.333 e. The Morgan fingerprint density at radius 3 is 2.60 bits per heavy atom. The SMILES string of the molecule is Cc1ccc(-c2noc(-c3cccn(CC(=O)Nc4cccc(C)c4)c3=O)n2)cc1. The molecule has 0 aliphatic carbocycles. The number of aryl methyl sites for hydroxylation is 2. The largest absolute Gasteiger partial charge is 0.333 e. The Labute approximate surface area is 173 Å². The van der Waals surface area contributed by atoms with Crippen molar-refractivity contribution < 1.29 is 9.32 Å². The van der Waals surface area contributed by atoms with Crippen LogP contribution >= 0.6 is 0 Å². The first-order chi connectivity index (χ1) is 14.5. The first-order valence-corrected chi connectivity index (χ1v) is 9.47. The van der Waals surface area contributed by atoms with Crippen molar-refractivity contribution >= 4 is 11.6 Å². The van der Waals surface area contributed by atoms with E-state index in [1.807, 2.05) is 56.3 Å². The second-order valence-electron chi connectivity index (χ2n) is 7.06. The zero-order chi connectivity index (χ0) is 21.1. The van der Waals surface area contributed by atoms with Crippen molar-refractivity contribution in [3.05, 3.63) is 88.3 Å². The maximum atomic E-state index is 12.9. The summed E-state index contributed by atoms with van der Waals surface area (Å²) in [4.78, 5) is 29.6. The predicted molar refractivity (Wildman–Crippen MR) is 114 cm³/mol. The summed E-state index contributed by atoms with van der Waals surface area (Å²) >= 11 is 0. The molecule has 4 rings (SSSR count). The Bertz CT molecular complexity index is 1260. The highest BCUT2D eigenvalue weighted by atomic mass is 16.5. The number of anilines is 1. The first kappa shape index (κ1) is 19.3. The Kier molecular flexibility index (Phi) is 5.26. The Balaban J connectivity index is 1.55. The highest BCUT2D eigenvalue weighted by molar-refractivity contribution is 5.90. The van der Waals surface area contributed by atoms with E-state index < -0.39 is 0 Å². The third kappa shape index (κ3) is 4.20. The van der Waals surface area contributed by atoms with Gasteiger partial charge in [0, 0.05) is 17.4 Å². The summed E-state index contributed by atoms with van der Waals surface area (Å²) in [6.45, 7) is 3.81. The Morgan fingerprint density at radius 1 is 1.03 bits per heavy atom. The third-order valence-corrected chi connectivity index (χ3v) is 4.60. The smallest absolute Gasteiger partial charge is 0.263 e. The maximum absolute atomic E-state index is 12.9. The molecule has 2 aromatic heterocycles. The van der Waals surface area contributed by atoms with Gasteiger partial charge in [0.25, 0.3) is 11.4 Å². The van der Waals surface area contributed by atoms with Crippen LogP contribution in [0.1, 0.15) is 11.1 Å². The molecular weight excluding hydrogens is 380 g/mol. The quantitative estimate of drug-likeness (QED) is 0.550. The van der Waals surface area contributed by atoms with Gasteiger partial charge in [-0.2, -0.15) is 4.98 Å². The van der Waals surface area contributed by atoms with Crippen molar-refractivity contribution in [3.63, 3.8) is 0 Å². The van der Waals surface area contributed by atoms with Crippen LogP contribution in [0, 0.1) is 13.8 Å². The molecule has 2 aromatic carbocycles. The zero-order valence-corrected chi connectivity index (χ0v) is 16.6. The highest BCUT2D eigenvalue weighted by Gasteiger charge is 2.16. The molecular formula is C23H20N4O3. The van der Waals surface area contributed by atoms with Gasteiger partial charge in [-0.05, 0) is 43.7 Å². The normalized spacial score (nSPS) is 10.7. The van der Waals surface area contributed by atoms with Crippen LogP contribution in [0.4, 0.5) is 5.69 Å². The molecule has 0 saturated carbocycles. The van der Waals surface area contributed by atoms with Crippen LogP contribution in [0.3, 0.4) is 0 Å². The lowest BCUT2D eigenvalue weighted by molar-refractivity contribution is -0.116. The lowest BCUT2D eigenvalue weighted by Gasteiger charge is -2.08. The summed E-state index contributed by atoms with van der Waals surface area (Å²) < 4.78 is 6.63. The number of benzene rings is 2. The number of hydrogen-bond donors (Lipinski definition) is 1. The molecule has 0 atom stereocenters. The van der Waals surface area contributed by atoms with E-state index in [1.165, 1.54) is 4.57 Å². The molecule has 0 fully saturated rings. The van der Waals surface area contributed by atoms with Gasteiger partial charge in [0.1, 0.15) is 12.1 Å². The fourth-order valence-electron chi connectivity index (χ4n) is 3.05. The molecule has 1 amide bonds. The lowest BCUT2D eigenvalue weighted by Crippen LogP contribution is -2.28. The fraction of sp³-hybridized carbons (Fsp3) is 0.130. The number of hydrogen-bond acceptors (Lipinski definition) is 5. The van der Waals surface area contributed by atoms with Crippen molar-refractivity contribution in [2.45, 2.75) is 20.4 Å². The number of nitrogens with zero attached hydrogens (tertiary/aromatic N) is 3. The van der Waals surface area contributed by atoms with Gasteiger partial charge in [-0.3, -0.25) is 9.59 Å². The summed E-state index contributed by atoms with van der Waals surface area (Å²) in [5.74, 6) is 0.215. The van der Waals surface area contributed by atoms with Crippen LogP contribution in [0.5, 0.6) is 0 Å². The van der Waals surface area contributed by atoms with Gasteiger partial charge in [-0.25, -0.2) is 0 Å². The Hall–Kier alpha value is -4.00. The first-order valence-electron chi connectivity index (χ1n) is 9.47. The average Bonchev–Trinajstić information content (AvgIpc) is 3.20. The zero-order valence-electron chi connectivity index (χ0n) is 16.6. The van der Waals surface area contributed by atoms with E-state index in [9.17, 15) is 9.59 Å². The van der Waals surface area contributed by atoms with Crippen LogP contribution in [0.15, 0.2) is 76.2 Å². The molecule has 7 heteroatoms. The van der Waals surface area contributed by atoms with Crippen molar-refractivity contribution in [1.29, 1.82) is 0 Å². The van der Waals surface area contributed by atoms with Crippen LogP contribution < -0.4 is 10.9 Å². The second kappa shape index (κ2) is 8.16. The van der Waals surface area contributed by atoms with Crippen molar-refractivity contribution in [2.24, 2.45) is 0 Å². The molecule has 7 nitrogen and oxygen atoms in total. The van der Waals surface area contributed by atoms with E-state index in [0.29, 0.717) is 11.5 Å². The number of carbonyl (C=O) groups excluding carboxylic acids is 1. The van der Waals surface area contributed by atoms with E-state index in [4.69, 9.17) is 4.52 Å². The number of nitrogens with one attached hydrogen (secondary N) is 1. The molecule has 0 saturated heterocycles. The standard InChI is InChI=1S/C23H20N4O3/c1-15-8-10-17(11-9-15)21-25-22(30-26-21)19-7-4-12-27(23(19)29)14-20(28)24-18-6-3-5-16(2)13-18/h3-13H,14H2,1-2H3,(H,24,28). The third-order valence-electron chi connectivity index (χ3n) is 4.60. The molecule has 0 aliphatic rings.